The Kier molecular flexibility index (Phi) is 5.77. The van der Waals surface area contributed by atoms with Crippen LogP contribution < -0.4 is 10.2 Å². The fraction of sp³-hybridized carbons (Fsp3) is 0.158. The molecule has 0 bridgehead atoms. The molecule has 0 saturated heterocycles. The summed E-state index contributed by atoms with van der Waals surface area (Å²) in [6.07, 6.45) is 0. The van der Waals surface area contributed by atoms with Crippen molar-refractivity contribution in [3.8, 4) is 0 Å². The Balaban J connectivity index is 0.00000208. The third kappa shape index (κ3) is 4.03. The lowest BCUT2D eigenvalue weighted by molar-refractivity contribution is 1.02. The molecule has 0 atom stereocenters. The summed E-state index contributed by atoms with van der Waals surface area (Å²) in [5.41, 5.74) is 4.22. The fourth-order valence-electron chi connectivity index (χ4n) is 2.39. The van der Waals surface area contributed by atoms with Gasteiger partial charge in [0.2, 0.25) is 5.95 Å². The van der Waals surface area contributed by atoms with E-state index in [4.69, 9.17) is 0 Å². The van der Waals surface area contributed by atoms with Crippen LogP contribution in [0.4, 0.5) is 23.1 Å². The molecule has 0 radical (unpaired) electrons. The zero-order chi connectivity index (χ0) is 16.2. The second-order valence-electron chi connectivity index (χ2n) is 5.53. The number of aromatic nitrogens is 2. The lowest BCUT2D eigenvalue weighted by Gasteiger charge is -2.19. The molecule has 3 aromatic rings. The van der Waals surface area contributed by atoms with Crippen LogP contribution in [0.25, 0.3) is 0 Å². The molecular weight excluding hydrogens is 320 g/mol. The maximum Gasteiger partial charge on any atom is 0.231 e. The first-order valence-corrected chi connectivity index (χ1v) is 7.60. The van der Waals surface area contributed by atoms with Gasteiger partial charge < -0.3 is 10.2 Å². The maximum atomic E-state index is 4.65. The highest BCUT2D eigenvalue weighted by atomic mass is 35.5. The van der Waals surface area contributed by atoms with Gasteiger partial charge in [0.05, 0.1) is 0 Å². The van der Waals surface area contributed by atoms with Gasteiger partial charge >= 0.3 is 0 Å². The second-order valence-corrected chi connectivity index (χ2v) is 5.53. The standard InChI is InChI=1S/C19H20N4.ClH/c1-14-9-7-8-12-17(14)21-18-13-15(2)20-19(22-18)23(3)16-10-5-4-6-11-16;/h4-13H,1-3H3,(H,20,21,22);1H. The summed E-state index contributed by atoms with van der Waals surface area (Å²) in [5.74, 6) is 1.47. The van der Waals surface area contributed by atoms with Gasteiger partial charge in [-0.05, 0) is 37.6 Å². The number of para-hydroxylation sites is 2. The van der Waals surface area contributed by atoms with Crippen molar-refractivity contribution in [2.45, 2.75) is 13.8 Å². The summed E-state index contributed by atoms with van der Waals surface area (Å²) in [6.45, 7) is 4.06. The minimum Gasteiger partial charge on any atom is -0.340 e. The number of aryl methyl sites for hydroxylation is 2. The van der Waals surface area contributed by atoms with Gasteiger partial charge in [-0.15, -0.1) is 12.4 Å². The topological polar surface area (TPSA) is 41.1 Å². The number of hydrogen-bond acceptors (Lipinski definition) is 4. The Labute approximate surface area is 149 Å². The predicted octanol–water partition coefficient (Wildman–Crippen LogP) is 5.03. The monoisotopic (exact) mass is 340 g/mol. The Morgan fingerprint density at radius 3 is 2.25 bits per heavy atom. The molecule has 1 N–H and O–H groups in total. The molecule has 2 aromatic carbocycles. The van der Waals surface area contributed by atoms with E-state index in [9.17, 15) is 0 Å². The number of rotatable bonds is 4. The average Bonchev–Trinajstić information content (AvgIpc) is 2.56. The molecule has 24 heavy (non-hydrogen) atoms. The molecular formula is C19H21ClN4. The van der Waals surface area contributed by atoms with Crippen LogP contribution in [0.15, 0.2) is 60.7 Å². The van der Waals surface area contributed by atoms with E-state index in [1.807, 2.05) is 73.5 Å². The molecule has 124 valence electrons. The highest BCUT2D eigenvalue weighted by Crippen LogP contribution is 2.24. The van der Waals surface area contributed by atoms with E-state index in [1.54, 1.807) is 0 Å². The average molecular weight is 341 g/mol. The van der Waals surface area contributed by atoms with Crippen LogP contribution in [-0.2, 0) is 0 Å². The molecule has 5 heteroatoms. The highest BCUT2D eigenvalue weighted by Gasteiger charge is 2.09. The number of nitrogens with zero attached hydrogens (tertiary/aromatic N) is 3. The first-order chi connectivity index (χ1) is 11.1. The third-order valence-corrected chi connectivity index (χ3v) is 3.69. The molecule has 0 aliphatic carbocycles. The zero-order valence-corrected chi connectivity index (χ0v) is 14.8. The van der Waals surface area contributed by atoms with Crippen LogP contribution in [0.1, 0.15) is 11.3 Å². The van der Waals surface area contributed by atoms with Crippen molar-refractivity contribution in [3.63, 3.8) is 0 Å². The van der Waals surface area contributed by atoms with Crippen molar-refractivity contribution < 1.29 is 0 Å². The lowest BCUT2D eigenvalue weighted by Crippen LogP contribution is -2.14. The molecule has 4 nitrogen and oxygen atoms in total. The number of nitrogens with one attached hydrogen (secondary N) is 1. The van der Waals surface area contributed by atoms with E-state index >= 15 is 0 Å². The molecule has 0 spiro atoms. The van der Waals surface area contributed by atoms with Crippen LogP contribution in [-0.4, -0.2) is 17.0 Å². The smallest absolute Gasteiger partial charge is 0.231 e. The molecule has 1 aromatic heterocycles. The summed E-state index contributed by atoms with van der Waals surface area (Å²) < 4.78 is 0. The molecule has 1 heterocycles. The van der Waals surface area contributed by atoms with E-state index in [0.717, 1.165) is 22.9 Å². The van der Waals surface area contributed by atoms with Gasteiger partial charge in [-0.3, -0.25) is 0 Å². The summed E-state index contributed by atoms with van der Waals surface area (Å²) in [6, 6.07) is 20.2. The van der Waals surface area contributed by atoms with Crippen LogP contribution in [0, 0.1) is 13.8 Å². The SMILES string of the molecule is Cc1cc(Nc2ccccc2C)nc(N(C)c2ccccc2)n1.Cl. The van der Waals surface area contributed by atoms with Crippen molar-refractivity contribution in [1.82, 2.24) is 9.97 Å². The van der Waals surface area contributed by atoms with Crippen LogP contribution >= 0.6 is 12.4 Å². The maximum absolute atomic E-state index is 4.65. The minimum absolute atomic E-state index is 0. The van der Waals surface area contributed by atoms with Crippen LogP contribution in [0.5, 0.6) is 0 Å². The van der Waals surface area contributed by atoms with E-state index in [2.05, 4.69) is 28.3 Å². The van der Waals surface area contributed by atoms with Gasteiger partial charge in [-0.25, -0.2) is 4.98 Å². The van der Waals surface area contributed by atoms with Gasteiger partial charge in [0, 0.05) is 30.2 Å². The molecule has 0 fully saturated rings. The van der Waals surface area contributed by atoms with Crippen LogP contribution in [0.2, 0.25) is 0 Å². The predicted molar refractivity (Wildman–Crippen MR) is 103 cm³/mol. The van der Waals surface area contributed by atoms with E-state index in [-0.39, 0.29) is 12.4 Å². The van der Waals surface area contributed by atoms with Crippen molar-refractivity contribution >= 4 is 35.5 Å². The zero-order valence-electron chi connectivity index (χ0n) is 14.0. The lowest BCUT2D eigenvalue weighted by atomic mass is 10.2. The van der Waals surface area contributed by atoms with Crippen molar-refractivity contribution in [3.05, 3.63) is 71.9 Å². The Morgan fingerprint density at radius 1 is 0.875 bits per heavy atom. The molecule has 0 amide bonds. The van der Waals surface area contributed by atoms with E-state index < -0.39 is 0 Å². The second kappa shape index (κ2) is 7.79. The molecule has 0 aliphatic heterocycles. The van der Waals surface area contributed by atoms with Crippen LogP contribution in [0.3, 0.4) is 0 Å². The summed E-state index contributed by atoms with van der Waals surface area (Å²) >= 11 is 0. The summed E-state index contributed by atoms with van der Waals surface area (Å²) in [4.78, 5) is 11.2. The number of hydrogen-bond donors (Lipinski definition) is 1. The normalized spacial score (nSPS) is 9.96. The van der Waals surface area contributed by atoms with Gasteiger partial charge in [-0.2, -0.15) is 4.98 Å². The van der Waals surface area contributed by atoms with Crippen molar-refractivity contribution in [1.29, 1.82) is 0 Å². The highest BCUT2D eigenvalue weighted by molar-refractivity contribution is 5.85. The summed E-state index contributed by atoms with van der Waals surface area (Å²) in [7, 11) is 1.97. The Morgan fingerprint density at radius 2 is 1.54 bits per heavy atom. The first kappa shape index (κ1) is 17.8. The third-order valence-electron chi connectivity index (χ3n) is 3.69. The molecule has 0 saturated carbocycles. The Hall–Kier alpha value is -2.59. The fourth-order valence-corrected chi connectivity index (χ4v) is 2.39. The number of anilines is 4. The van der Waals surface area contributed by atoms with Crippen molar-refractivity contribution in [2.24, 2.45) is 0 Å². The van der Waals surface area contributed by atoms with Gasteiger partial charge in [0.25, 0.3) is 0 Å². The van der Waals surface area contributed by atoms with Gasteiger partial charge in [0.1, 0.15) is 5.82 Å². The minimum atomic E-state index is 0. The molecule has 0 unspecified atom stereocenters. The molecule has 0 aliphatic rings. The molecule has 3 rings (SSSR count). The number of benzene rings is 2. The number of halogens is 1. The van der Waals surface area contributed by atoms with Crippen molar-refractivity contribution in [2.75, 3.05) is 17.3 Å². The van der Waals surface area contributed by atoms with E-state index in [1.165, 1.54) is 5.56 Å². The first-order valence-electron chi connectivity index (χ1n) is 7.60. The Bertz CT molecular complexity index is 805. The van der Waals surface area contributed by atoms with E-state index in [0.29, 0.717) is 5.95 Å². The summed E-state index contributed by atoms with van der Waals surface area (Å²) in [5, 5.41) is 3.38. The van der Waals surface area contributed by atoms with Gasteiger partial charge in [0.15, 0.2) is 0 Å². The van der Waals surface area contributed by atoms with Gasteiger partial charge in [-0.1, -0.05) is 36.4 Å². The largest absolute Gasteiger partial charge is 0.340 e. The quantitative estimate of drug-likeness (QED) is 0.723.